The minimum atomic E-state index is -0.812. The van der Waals surface area contributed by atoms with Crippen LogP contribution < -0.4 is 9.47 Å². The first-order valence-electron chi connectivity index (χ1n) is 6.01. The van der Waals surface area contributed by atoms with E-state index < -0.39 is 11.9 Å². The van der Waals surface area contributed by atoms with E-state index in [9.17, 15) is 4.79 Å². The fourth-order valence-electron chi connectivity index (χ4n) is 1.67. The van der Waals surface area contributed by atoms with E-state index in [1.807, 2.05) is 32.0 Å². The van der Waals surface area contributed by atoms with E-state index in [1.165, 1.54) is 0 Å². The fraction of sp³-hybridized carbons (Fsp3) is 0.500. The molecule has 0 bridgehead atoms. The van der Waals surface area contributed by atoms with Gasteiger partial charge in [-0.25, -0.2) is 0 Å². The second kappa shape index (κ2) is 6.28. The molecule has 0 radical (unpaired) electrons. The molecule has 1 aromatic rings. The minimum Gasteiger partial charge on any atom is -0.493 e. The summed E-state index contributed by atoms with van der Waals surface area (Å²) in [6.45, 7) is 5.54. The second-order valence-electron chi connectivity index (χ2n) is 4.56. The molecule has 1 rings (SSSR count). The van der Waals surface area contributed by atoms with Gasteiger partial charge in [0, 0.05) is 0 Å². The maximum Gasteiger partial charge on any atom is 0.306 e. The van der Waals surface area contributed by atoms with Gasteiger partial charge in [-0.05, 0) is 31.9 Å². The largest absolute Gasteiger partial charge is 0.493 e. The molecule has 1 N–H and O–H groups in total. The van der Waals surface area contributed by atoms with Crippen molar-refractivity contribution < 1.29 is 19.4 Å². The highest BCUT2D eigenvalue weighted by Crippen LogP contribution is 2.33. The van der Waals surface area contributed by atoms with Crippen molar-refractivity contribution in [3.63, 3.8) is 0 Å². The first-order chi connectivity index (χ1) is 8.45. The number of para-hydroxylation sites is 1. The summed E-state index contributed by atoms with van der Waals surface area (Å²) in [5, 5.41) is 8.97. The molecular formula is C14H20O4. The second-order valence-corrected chi connectivity index (χ2v) is 4.56. The van der Waals surface area contributed by atoms with Crippen molar-refractivity contribution in [2.24, 2.45) is 5.92 Å². The number of carboxylic acids is 1. The third-order valence-corrected chi connectivity index (χ3v) is 2.58. The molecule has 4 nitrogen and oxygen atoms in total. The molecule has 0 aromatic heterocycles. The first-order valence-corrected chi connectivity index (χ1v) is 6.01. The van der Waals surface area contributed by atoms with Crippen LogP contribution >= 0.6 is 0 Å². The van der Waals surface area contributed by atoms with Gasteiger partial charge in [-0.3, -0.25) is 4.79 Å². The van der Waals surface area contributed by atoms with Crippen molar-refractivity contribution in [1.82, 2.24) is 0 Å². The van der Waals surface area contributed by atoms with E-state index in [-0.39, 0.29) is 6.10 Å². The van der Waals surface area contributed by atoms with Gasteiger partial charge in [0.1, 0.15) is 0 Å². The summed E-state index contributed by atoms with van der Waals surface area (Å²) in [6, 6.07) is 5.53. The van der Waals surface area contributed by atoms with Gasteiger partial charge in [-0.15, -0.1) is 0 Å². The van der Waals surface area contributed by atoms with Gasteiger partial charge in [0.15, 0.2) is 11.5 Å². The molecule has 0 aliphatic rings. The summed E-state index contributed by atoms with van der Waals surface area (Å²) in [6.07, 6.45) is 0.439. The van der Waals surface area contributed by atoms with Crippen LogP contribution in [0.4, 0.5) is 0 Å². The highest BCUT2D eigenvalue weighted by atomic mass is 16.5. The van der Waals surface area contributed by atoms with Crippen molar-refractivity contribution in [3.8, 4) is 11.5 Å². The van der Waals surface area contributed by atoms with E-state index >= 15 is 0 Å². The van der Waals surface area contributed by atoms with Crippen molar-refractivity contribution >= 4 is 5.97 Å². The fourth-order valence-corrected chi connectivity index (χ4v) is 1.67. The lowest BCUT2D eigenvalue weighted by atomic mass is 10.00. The van der Waals surface area contributed by atoms with Crippen LogP contribution in [0.15, 0.2) is 18.2 Å². The van der Waals surface area contributed by atoms with Crippen LogP contribution in [-0.2, 0) is 11.2 Å². The van der Waals surface area contributed by atoms with E-state index in [0.29, 0.717) is 17.9 Å². The Bertz CT molecular complexity index is 412. The van der Waals surface area contributed by atoms with E-state index in [1.54, 1.807) is 14.0 Å². The van der Waals surface area contributed by atoms with Gasteiger partial charge >= 0.3 is 5.97 Å². The molecule has 1 atom stereocenters. The number of hydrogen-bond acceptors (Lipinski definition) is 3. The van der Waals surface area contributed by atoms with Crippen LogP contribution in [0.1, 0.15) is 26.3 Å². The standard InChI is InChI=1S/C14H20O4/c1-9(2)18-13-11(8-10(3)14(15)16)6-5-7-12(13)17-4/h5-7,9-10H,8H2,1-4H3,(H,15,16). The quantitative estimate of drug-likeness (QED) is 0.845. The summed E-state index contributed by atoms with van der Waals surface area (Å²) in [5.41, 5.74) is 0.859. The van der Waals surface area contributed by atoms with Crippen LogP contribution in [0, 0.1) is 5.92 Å². The Balaban J connectivity index is 3.05. The Morgan fingerprint density at radius 3 is 2.50 bits per heavy atom. The maximum absolute atomic E-state index is 10.9. The number of hydrogen-bond donors (Lipinski definition) is 1. The SMILES string of the molecule is COc1cccc(CC(C)C(=O)O)c1OC(C)C. The summed E-state index contributed by atoms with van der Waals surface area (Å²) in [4.78, 5) is 10.9. The van der Waals surface area contributed by atoms with E-state index in [0.717, 1.165) is 5.56 Å². The minimum absolute atomic E-state index is 0.0141. The van der Waals surface area contributed by atoms with E-state index in [4.69, 9.17) is 14.6 Å². The van der Waals surface area contributed by atoms with Crippen LogP contribution in [-0.4, -0.2) is 24.3 Å². The van der Waals surface area contributed by atoms with E-state index in [2.05, 4.69) is 0 Å². The smallest absolute Gasteiger partial charge is 0.306 e. The number of methoxy groups -OCH3 is 1. The topological polar surface area (TPSA) is 55.8 Å². The van der Waals surface area contributed by atoms with Crippen LogP contribution in [0.2, 0.25) is 0 Å². The predicted molar refractivity (Wildman–Crippen MR) is 69.3 cm³/mol. The molecule has 0 spiro atoms. The molecule has 0 saturated carbocycles. The van der Waals surface area contributed by atoms with Gasteiger partial charge in [0.05, 0.1) is 19.1 Å². The Hall–Kier alpha value is -1.71. The van der Waals surface area contributed by atoms with Crippen LogP contribution in [0.5, 0.6) is 11.5 Å². The average Bonchev–Trinajstić information content (AvgIpc) is 2.30. The molecule has 0 fully saturated rings. The number of benzene rings is 1. The molecule has 0 heterocycles. The highest BCUT2D eigenvalue weighted by molar-refractivity contribution is 5.70. The van der Waals surface area contributed by atoms with Crippen molar-refractivity contribution in [1.29, 1.82) is 0 Å². The van der Waals surface area contributed by atoms with Gasteiger partial charge in [-0.1, -0.05) is 19.1 Å². The molecule has 0 amide bonds. The van der Waals surface area contributed by atoms with Crippen molar-refractivity contribution in [3.05, 3.63) is 23.8 Å². The van der Waals surface area contributed by atoms with Crippen molar-refractivity contribution in [2.45, 2.75) is 33.3 Å². The Morgan fingerprint density at radius 2 is 2.00 bits per heavy atom. The lowest BCUT2D eigenvalue weighted by molar-refractivity contribution is -0.141. The van der Waals surface area contributed by atoms with Crippen LogP contribution in [0.25, 0.3) is 0 Å². The van der Waals surface area contributed by atoms with Gasteiger partial charge in [-0.2, -0.15) is 0 Å². The van der Waals surface area contributed by atoms with Crippen LogP contribution in [0.3, 0.4) is 0 Å². The Morgan fingerprint density at radius 1 is 1.33 bits per heavy atom. The number of rotatable bonds is 6. The van der Waals surface area contributed by atoms with Crippen molar-refractivity contribution in [2.75, 3.05) is 7.11 Å². The third kappa shape index (κ3) is 3.65. The Kier molecular flexibility index (Phi) is 5.01. The monoisotopic (exact) mass is 252 g/mol. The lowest BCUT2D eigenvalue weighted by Crippen LogP contribution is -2.15. The number of aliphatic carboxylic acids is 1. The summed E-state index contributed by atoms with van der Waals surface area (Å²) in [5.74, 6) is 0.0156. The molecule has 0 saturated heterocycles. The zero-order valence-corrected chi connectivity index (χ0v) is 11.3. The third-order valence-electron chi connectivity index (χ3n) is 2.58. The highest BCUT2D eigenvalue weighted by Gasteiger charge is 2.18. The number of ether oxygens (including phenoxy) is 2. The average molecular weight is 252 g/mol. The lowest BCUT2D eigenvalue weighted by Gasteiger charge is -2.18. The Labute approximate surface area is 108 Å². The maximum atomic E-state index is 10.9. The van der Waals surface area contributed by atoms with Gasteiger partial charge in [0.2, 0.25) is 0 Å². The predicted octanol–water partition coefficient (Wildman–Crippen LogP) is 2.75. The molecule has 1 aromatic carbocycles. The molecule has 4 heteroatoms. The molecule has 0 aliphatic carbocycles. The molecule has 1 unspecified atom stereocenters. The molecule has 18 heavy (non-hydrogen) atoms. The molecule has 0 aliphatic heterocycles. The molecular weight excluding hydrogens is 232 g/mol. The number of carboxylic acid groups (broad SMARTS) is 1. The summed E-state index contributed by atoms with van der Waals surface area (Å²) < 4.78 is 11.0. The normalized spacial score (nSPS) is 12.3. The summed E-state index contributed by atoms with van der Waals surface area (Å²) in [7, 11) is 1.58. The van der Waals surface area contributed by atoms with Gasteiger partial charge < -0.3 is 14.6 Å². The zero-order chi connectivity index (χ0) is 13.7. The van der Waals surface area contributed by atoms with Gasteiger partial charge in [0.25, 0.3) is 0 Å². The summed E-state index contributed by atoms with van der Waals surface area (Å²) >= 11 is 0. The first kappa shape index (κ1) is 14.4. The molecule has 100 valence electrons. The zero-order valence-electron chi connectivity index (χ0n) is 11.3. The number of carbonyl (C=O) groups is 1.